The van der Waals surface area contributed by atoms with Gasteiger partial charge in [0.05, 0.1) is 5.92 Å². The number of hydrogen-bond acceptors (Lipinski definition) is 4. The van der Waals surface area contributed by atoms with Gasteiger partial charge >= 0.3 is 0 Å². The van der Waals surface area contributed by atoms with Gasteiger partial charge in [-0.15, -0.1) is 0 Å². The SMILES string of the molecule is Cc1noc(C2CCC(=O)N(C3CCCC3)C2)n1. The lowest BCUT2D eigenvalue weighted by molar-refractivity contribution is -0.136. The van der Waals surface area contributed by atoms with Crippen molar-refractivity contribution < 1.29 is 9.32 Å². The average Bonchev–Trinajstić information content (AvgIpc) is 3.01. The summed E-state index contributed by atoms with van der Waals surface area (Å²) in [6, 6.07) is 0.448. The minimum Gasteiger partial charge on any atom is -0.339 e. The third kappa shape index (κ3) is 2.13. The van der Waals surface area contributed by atoms with Crippen LogP contribution in [0.2, 0.25) is 0 Å². The molecule has 1 saturated heterocycles. The van der Waals surface area contributed by atoms with Crippen LogP contribution in [0.15, 0.2) is 4.52 Å². The van der Waals surface area contributed by atoms with E-state index in [1.165, 1.54) is 12.8 Å². The topological polar surface area (TPSA) is 59.2 Å². The van der Waals surface area contributed by atoms with Gasteiger partial charge in [0.1, 0.15) is 0 Å². The van der Waals surface area contributed by atoms with Crippen LogP contribution in [-0.4, -0.2) is 33.5 Å². The second kappa shape index (κ2) is 4.71. The van der Waals surface area contributed by atoms with Crippen LogP contribution in [0.4, 0.5) is 0 Å². The van der Waals surface area contributed by atoms with Crippen LogP contribution in [0.25, 0.3) is 0 Å². The summed E-state index contributed by atoms with van der Waals surface area (Å²) in [5, 5.41) is 3.84. The number of piperidine rings is 1. The summed E-state index contributed by atoms with van der Waals surface area (Å²) < 4.78 is 5.25. The molecule has 1 aliphatic heterocycles. The molecule has 2 aliphatic rings. The molecule has 0 N–H and O–H groups in total. The predicted octanol–water partition coefficient (Wildman–Crippen LogP) is 2.03. The third-order valence-corrected chi connectivity index (χ3v) is 4.10. The normalized spacial score (nSPS) is 25.9. The number of amides is 1. The van der Waals surface area contributed by atoms with E-state index in [1.807, 2.05) is 6.92 Å². The lowest BCUT2D eigenvalue weighted by Gasteiger charge is -2.35. The highest BCUT2D eigenvalue weighted by Crippen LogP contribution is 2.32. The van der Waals surface area contributed by atoms with Gasteiger partial charge in [0, 0.05) is 19.0 Å². The Labute approximate surface area is 107 Å². The molecule has 1 unspecified atom stereocenters. The van der Waals surface area contributed by atoms with E-state index in [0.717, 1.165) is 25.8 Å². The van der Waals surface area contributed by atoms with Gasteiger partial charge in [-0.2, -0.15) is 4.98 Å². The molecule has 1 aromatic rings. The Kier molecular flexibility index (Phi) is 3.06. The number of carbonyl (C=O) groups is 1. The molecule has 1 aliphatic carbocycles. The molecule has 1 aromatic heterocycles. The summed E-state index contributed by atoms with van der Waals surface area (Å²) in [4.78, 5) is 18.4. The molecule has 2 heterocycles. The predicted molar refractivity (Wildman–Crippen MR) is 65.0 cm³/mol. The van der Waals surface area contributed by atoms with Crippen LogP contribution < -0.4 is 0 Å². The van der Waals surface area contributed by atoms with Crippen molar-refractivity contribution in [2.45, 2.75) is 57.4 Å². The molecular weight excluding hydrogens is 230 g/mol. The van der Waals surface area contributed by atoms with Crippen LogP contribution in [-0.2, 0) is 4.79 Å². The molecule has 5 nitrogen and oxygen atoms in total. The molecule has 98 valence electrons. The fourth-order valence-electron chi connectivity index (χ4n) is 3.12. The standard InChI is InChI=1S/C13H19N3O2/c1-9-14-13(18-15-9)10-6-7-12(17)16(8-10)11-4-2-3-5-11/h10-11H,2-8H2,1H3. The lowest BCUT2D eigenvalue weighted by Crippen LogP contribution is -2.44. The number of carbonyl (C=O) groups excluding carboxylic acids is 1. The Morgan fingerprint density at radius 1 is 1.28 bits per heavy atom. The first kappa shape index (κ1) is 11.7. The van der Waals surface area contributed by atoms with Crippen LogP contribution in [0.1, 0.15) is 56.2 Å². The van der Waals surface area contributed by atoms with E-state index in [1.54, 1.807) is 0 Å². The number of rotatable bonds is 2. The van der Waals surface area contributed by atoms with Gasteiger partial charge < -0.3 is 9.42 Å². The maximum absolute atomic E-state index is 12.0. The Bertz CT molecular complexity index is 437. The van der Waals surface area contributed by atoms with E-state index in [9.17, 15) is 4.79 Å². The minimum atomic E-state index is 0.226. The Balaban J connectivity index is 1.73. The number of aryl methyl sites for hydroxylation is 1. The molecule has 18 heavy (non-hydrogen) atoms. The highest BCUT2D eigenvalue weighted by molar-refractivity contribution is 5.77. The van der Waals surface area contributed by atoms with Gasteiger partial charge in [-0.3, -0.25) is 4.79 Å². The number of nitrogens with zero attached hydrogens (tertiary/aromatic N) is 3. The van der Waals surface area contributed by atoms with Crippen molar-refractivity contribution in [2.24, 2.45) is 0 Å². The van der Waals surface area contributed by atoms with Crippen molar-refractivity contribution in [1.29, 1.82) is 0 Å². The zero-order valence-corrected chi connectivity index (χ0v) is 10.8. The third-order valence-electron chi connectivity index (χ3n) is 4.10. The fourth-order valence-corrected chi connectivity index (χ4v) is 3.12. The van der Waals surface area contributed by atoms with Gasteiger partial charge in [-0.1, -0.05) is 18.0 Å². The molecular formula is C13H19N3O2. The average molecular weight is 249 g/mol. The maximum Gasteiger partial charge on any atom is 0.231 e. The van der Waals surface area contributed by atoms with E-state index >= 15 is 0 Å². The first-order valence-electron chi connectivity index (χ1n) is 6.83. The Hall–Kier alpha value is -1.39. The molecule has 0 aromatic carbocycles. The van der Waals surface area contributed by atoms with Crippen LogP contribution in [0.3, 0.4) is 0 Å². The second-order valence-electron chi connectivity index (χ2n) is 5.40. The molecule has 5 heteroatoms. The number of likely N-dealkylation sites (tertiary alicyclic amines) is 1. The van der Waals surface area contributed by atoms with Crippen LogP contribution in [0.5, 0.6) is 0 Å². The Morgan fingerprint density at radius 3 is 2.72 bits per heavy atom. The zero-order chi connectivity index (χ0) is 12.5. The van der Waals surface area contributed by atoms with E-state index in [4.69, 9.17) is 4.52 Å². The first-order chi connectivity index (χ1) is 8.74. The molecule has 0 bridgehead atoms. The quantitative estimate of drug-likeness (QED) is 0.804. The van der Waals surface area contributed by atoms with Gasteiger partial charge in [0.25, 0.3) is 0 Å². The Morgan fingerprint density at radius 2 is 2.06 bits per heavy atom. The summed E-state index contributed by atoms with van der Waals surface area (Å²) in [7, 11) is 0. The van der Waals surface area contributed by atoms with Crippen LogP contribution >= 0.6 is 0 Å². The van der Waals surface area contributed by atoms with E-state index in [-0.39, 0.29) is 5.92 Å². The highest BCUT2D eigenvalue weighted by atomic mass is 16.5. The van der Waals surface area contributed by atoms with Crippen molar-refractivity contribution in [3.05, 3.63) is 11.7 Å². The fraction of sp³-hybridized carbons (Fsp3) is 0.769. The van der Waals surface area contributed by atoms with Crippen LogP contribution in [0, 0.1) is 6.92 Å². The summed E-state index contributed by atoms with van der Waals surface area (Å²) in [5.74, 6) is 1.90. The largest absolute Gasteiger partial charge is 0.339 e. The van der Waals surface area contributed by atoms with Gasteiger partial charge in [0.15, 0.2) is 5.82 Å². The molecule has 1 atom stereocenters. The van der Waals surface area contributed by atoms with E-state index in [0.29, 0.717) is 30.1 Å². The maximum atomic E-state index is 12.0. The van der Waals surface area contributed by atoms with Gasteiger partial charge in [-0.05, 0) is 26.2 Å². The smallest absolute Gasteiger partial charge is 0.231 e. The number of aromatic nitrogens is 2. The number of hydrogen-bond donors (Lipinski definition) is 0. The molecule has 1 amide bonds. The minimum absolute atomic E-state index is 0.226. The van der Waals surface area contributed by atoms with Crippen molar-refractivity contribution >= 4 is 5.91 Å². The molecule has 2 fully saturated rings. The lowest BCUT2D eigenvalue weighted by atomic mass is 9.95. The van der Waals surface area contributed by atoms with Crippen molar-refractivity contribution in [3.8, 4) is 0 Å². The van der Waals surface area contributed by atoms with E-state index < -0.39 is 0 Å². The first-order valence-corrected chi connectivity index (χ1v) is 6.83. The second-order valence-corrected chi connectivity index (χ2v) is 5.40. The summed E-state index contributed by atoms with van der Waals surface area (Å²) in [6.45, 7) is 2.58. The monoisotopic (exact) mass is 249 g/mol. The van der Waals surface area contributed by atoms with Crippen molar-refractivity contribution in [2.75, 3.05) is 6.54 Å². The molecule has 0 spiro atoms. The van der Waals surface area contributed by atoms with E-state index in [2.05, 4.69) is 15.0 Å². The summed E-state index contributed by atoms with van der Waals surface area (Å²) in [5.41, 5.74) is 0. The molecule has 0 radical (unpaired) electrons. The molecule has 1 saturated carbocycles. The highest BCUT2D eigenvalue weighted by Gasteiger charge is 2.34. The van der Waals surface area contributed by atoms with Crippen molar-refractivity contribution in [1.82, 2.24) is 15.0 Å². The molecule has 3 rings (SSSR count). The zero-order valence-electron chi connectivity index (χ0n) is 10.8. The van der Waals surface area contributed by atoms with Crippen molar-refractivity contribution in [3.63, 3.8) is 0 Å². The summed E-state index contributed by atoms with van der Waals surface area (Å²) >= 11 is 0. The van der Waals surface area contributed by atoms with Gasteiger partial charge in [-0.25, -0.2) is 0 Å². The van der Waals surface area contributed by atoms with Gasteiger partial charge in [0.2, 0.25) is 11.8 Å². The summed E-state index contributed by atoms with van der Waals surface area (Å²) in [6.07, 6.45) is 6.26.